The van der Waals surface area contributed by atoms with Crippen LogP contribution in [0.1, 0.15) is 24.3 Å². The second-order valence-electron chi connectivity index (χ2n) is 3.97. The summed E-state index contributed by atoms with van der Waals surface area (Å²) in [5, 5.41) is 0. The normalized spacial score (nSPS) is 18.7. The van der Waals surface area contributed by atoms with Crippen LogP contribution in [0.2, 0.25) is 0 Å². The molecule has 0 spiro atoms. The zero-order valence-corrected chi connectivity index (χ0v) is 10.2. The lowest BCUT2D eigenvalue weighted by molar-refractivity contribution is -0.134. The van der Waals surface area contributed by atoms with Crippen LogP contribution < -0.4 is 4.74 Å². The van der Waals surface area contributed by atoms with E-state index in [1.54, 1.807) is 12.0 Å². The SMILES string of the molecule is CCOC1c2ccc(OC)cc2CCN1C=O. The highest BCUT2D eigenvalue weighted by atomic mass is 16.5. The molecule has 1 aromatic rings. The Bertz CT molecular complexity index is 406. The Morgan fingerprint density at radius 1 is 1.53 bits per heavy atom. The lowest BCUT2D eigenvalue weighted by atomic mass is 9.98. The molecule has 1 aromatic carbocycles. The first-order valence-corrected chi connectivity index (χ1v) is 5.79. The van der Waals surface area contributed by atoms with Crippen molar-refractivity contribution in [3.8, 4) is 5.75 Å². The molecular formula is C13H17NO3. The van der Waals surface area contributed by atoms with Crippen LogP contribution in [0.25, 0.3) is 0 Å². The standard InChI is InChI=1S/C13H17NO3/c1-3-17-13-12-5-4-11(16-2)8-10(12)6-7-14(13)9-15/h4-5,8-9,13H,3,6-7H2,1-2H3. The van der Waals surface area contributed by atoms with Gasteiger partial charge in [-0.25, -0.2) is 0 Å². The smallest absolute Gasteiger partial charge is 0.212 e. The maximum Gasteiger partial charge on any atom is 0.212 e. The minimum absolute atomic E-state index is 0.257. The zero-order chi connectivity index (χ0) is 12.3. The highest BCUT2D eigenvalue weighted by Crippen LogP contribution is 2.31. The van der Waals surface area contributed by atoms with Crippen molar-refractivity contribution in [2.24, 2.45) is 0 Å². The van der Waals surface area contributed by atoms with Gasteiger partial charge >= 0.3 is 0 Å². The first-order chi connectivity index (χ1) is 8.30. The van der Waals surface area contributed by atoms with Crippen LogP contribution in [0.3, 0.4) is 0 Å². The fraction of sp³-hybridized carbons (Fsp3) is 0.462. The molecule has 17 heavy (non-hydrogen) atoms. The van der Waals surface area contributed by atoms with Crippen LogP contribution in [0.15, 0.2) is 18.2 Å². The summed E-state index contributed by atoms with van der Waals surface area (Å²) >= 11 is 0. The Kier molecular flexibility index (Phi) is 3.64. The highest BCUT2D eigenvalue weighted by molar-refractivity contribution is 5.51. The molecule has 4 heteroatoms. The third kappa shape index (κ3) is 2.26. The molecule has 1 aliphatic rings. The van der Waals surface area contributed by atoms with Crippen LogP contribution in [0.4, 0.5) is 0 Å². The molecule has 1 heterocycles. The van der Waals surface area contributed by atoms with Gasteiger partial charge in [0, 0.05) is 18.7 Å². The predicted molar refractivity (Wildman–Crippen MR) is 63.8 cm³/mol. The number of carbonyl (C=O) groups is 1. The molecule has 1 aliphatic heterocycles. The quantitative estimate of drug-likeness (QED) is 0.746. The predicted octanol–water partition coefficient (Wildman–Crippen LogP) is 1.74. The van der Waals surface area contributed by atoms with Crippen molar-refractivity contribution in [3.63, 3.8) is 0 Å². The van der Waals surface area contributed by atoms with Crippen LogP contribution in [0, 0.1) is 0 Å². The number of carbonyl (C=O) groups excluding carboxylic acids is 1. The molecule has 0 bridgehead atoms. The van der Waals surface area contributed by atoms with E-state index < -0.39 is 0 Å². The average Bonchev–Trinajstić information content (AvgIpc) is 2.38. The summed E-state index contributed by atoms with van der Waals surface area (Å²) in [6.07, 6.45) is 1.44. The van der Waals surface area contributed by atoms with Crippen molar-refractivity contribution < 1.29 is 14.3 Å². The molecule has 0 fully saturated rings. The summed E-state index contributed by atoms with van der Waals surface area (Å²) in [6, 6.07) is 5.90. The number of benzene rings is 1. The first kappa shape index (κ1) is 11.9. The molecule has 2 rings (SSSR count). The molecule has 0 aromatic heterocycles. The van der Waals surface area contributed by atoms with E-state index in [2.05, 4.69) is 0 Å². The summed E-state index contributed by atoms with van der Waals surface area (Å²) in [5.41, 5.74) is 2.26. The van der Waals surface area contributed by atoms with Crippen LogP contribution >= 0.6 is 0 Å². The number of hydrogen-bond acceptors (Lipinski definition) is 3. The Hall–Kier alpha value is -1.55. The van der Waals surface area contributed by atoms with Gasteiger partial charge in [-0.3, -0.25) is 4.79 Å². The van der Waals surface area contributed by atoms with Gasteiger partial charge in [-0.2, -0.15) is 0 Å². The summed E-state index contributed by atoms with van der Waals surface area (Å²) in [7, 11) is 1.66. The minimum atomic E-state index is -0.257. The molecule has 92 valence electrons. The molecule has 0 saturated heterocycles. The van der Waals surface area contributed by atoms with Gasteiger partial charge in [-0.05, 0) is 31.0 Å². The van der Waals surface area contributed by atoms with Gasteiger partial charge in [-0.1, -0.05) is 6.07 Å². The Morgan fingerprint density at radius 2 is 2.35 bits per heavy atom. The van der Waals surface area contributed by atoms with Crippen molar-refractivity contribution in [1.29, 1.82) is 0 Å². The highest BCUT2D eigenvalue weighted by Gasteiger charge is 2.26. The summed E-state index contributed by atoms with van der Waals surface area (Å²) < 4.78 is 10.8. The van der Waals surface area contributed by atoms with Crippen molar-refractivity contribution >= 4 is 6.41 Å². The topological polar surface area (TPSA) is 38.8 Å². The van der Waals surface area contributed by atoms with Gasteiger partial charge < -0.3 is 14.4 Å². The van der Waals surface area contributed by atoms with Crippen molar-refractivity contribution in [3.05, 3.63) is 29.3 Å². The molecule has 1 atom stereocenters. The lowest BCUT2D eigenvalue weighted by Gasteiger charge is -2.34. The van der Waals surface area contributed by atoms with E-state index in [9.17, 15) is 4.79 Å². The number of methoxy groups -OCH3 is 1. The van der Waals surface area contributed by atoms with Crippen LogP contribution in [-0.2, 0) is 16.0 Å². The fourth-order valence-corrected chi connectivity index (χ4v) is 2.16. The first-order valence-electron chi connectivity index (χ1n) is 5.79. The van der Waals surface area contributed by atoms with E-state index in [0.717, 1.165) is 24.1 Å². The number of nitrogens with zero attached hydrogens (tertiary/aromatic N) is 1. The monoisotopic (exact) mass is 235 g/mol. The Labute approximate surface area is 101 Å². The maximum absolute atomic E-state index is 11.0. The number of fused-ring (bicyclic) bond motifs is 1. The lowest BCUT2D eigenvalue weighted by Crippen LogP contribution is -2.35. The van der Waals surface area contributed by atoms with E-state index in [0.29, 0.717) is 13.2 Å². The zero-order valence-electron chi connectivity index (χ0n) is 10.2. The molecular weight excluding hydrogens is 218 g/mol. The molecule has 0 N–H and O–H groups in total. The Balaban J connectivity index is 2.35. The van der Waals surface area contributed by atoms with E-state index in [4.69, 9.17) is 9.47 Å². The third-order valence-electron chi connectivity index (χ3n) is 3.02. The van der Waals surface area contributed by atoms with Gasteiger partial charge in [0.1, 0.15) is 5.75 Å². The van der Waals surface area contributed by atoms with Gasteiger partial charge in [0.15, 0.2) is 6.23 Å². The number of rotatable bonds is 4. The molecule has 1 amide bonds. The van der Waals surface area contributed by atoms with Crippen LogP contribution in [0.5, 0.6) is 5.75 Å². The minimum Gasteiger partial charge on any atom is -0.497 e. The largest absolute Gasteiger partial charge is 0.497 e. The molecule has 4 nitrogen and oxygen atoms in total. The van der Waals surface area contributed by atoms with Gasteiger partial charge in [0.05, 0.1) is 7.11 Å². The fourth-order valence-electron chi connectivity index (χ4n) is 2.16. The maximum atomic E-state index is 11.0. The molecule has 0 aliphatic carbocycles. The summed E-state index contributed by atoms with van der Waals surface area (Å²) in [4.78, 5) is 12.7. The molecule has 0 radical (unpaired) electrons. The average molecular weight is 235 g/mol. The second kappa shape index (κ2) is 5.19. The van der Waals surface area contributed by atoms with Gasteiger partial charge in [-0.15, -0.1) is 0 Å². The number of ether oxygens (including phenoxy) is 2. The number of amides is 1. The van der Waals surface area contributed by atoms with E-state index in [1.165, 1.54) is 5.56 Å². The van der Waals surface area contributed by atoms with Crippen molar-refractivity contribution in [1.82, 2.24) is 4.90 Å². The van der Waals surface area contributed by atoms with Crippen LogP contribution in [-0.4, -0.2) is 31.6 Å². The molecule has 0 saturated carbocycles. The van der Waals surface area contributed by atoms with Crippen molar-refractivity contribution in [2.45, 2.75) is 19.6 Å². The second-order valence-corrected chi connectivity index (χ2v) is 3.97. The summed E-state index contributed by atoms with van der Waals surface area (Å²) in [5.74, 6) is 0.846. The summed E-state index contributed by atoms with van der Waals surface area (Å²) in [6.45, 7) is 3.20. The number of hydrogen-bond donors (Lipinski definition) is 0. The van der Waals surface area contributed by atoms with Gasteiger partial charge in [0.25, 0.3) is 0 Å². The van der Waals surface area contributed by atoms with Crippen molar-refractivity contribution in [2.75, 3.05) is 20.3 Å². The third-order valence-corrected chi connectivity index (χ3v) is 3.02. The van der Waals surface area contributed by atoms with Gasteiger partial charge in [0.2, 0.25) is 6.41 Å². The van der Waals surface area contributed by atoms with E-state index in [1.807, 2.05) is 25.1 Å². The van der Waals surface area contributed by atoms with E-state index in [-0.39, 0.29) is 6.23 Å². The Morgan fingerprint density at radius 3 is 3.00 bits per heavy atom. The van der Waals surface area contributed by atoms with E-state index >= 15 is 0 Å². The molecule has 1 unspecified atom stereocenters.